The Labute approximate surface area is 114 Å². The van der Waals surface area contributed by atoms with Crippen LogP contribution in [-0.4, -0.2) is 24.5 Å². The summed E-state index contributed by atoms with van der Waals surface area (Å²) < 4.78 is 0. The molecule has 0 heterocycles. The average molecular weight is 265 g/mol. The lowest BCUT2D eigenvalue weighted by Gasteiger charge is -2.20. The van der Waals surface area contributed by atoms with Crippen molar-refractivity contribution in [1.29, 1.82) is 0 Å². The molecule has 1 unspecified atom stereocenters. The van der Waals surface area contributed by atoms with Crippen LogP contribution < -0.4 is 5.32 Å². The third-order valence-electron chi connectivity index (χ3n) is 4.00. The topological polar surface area (TPSA) is 32.3 Å². The Morgan fingerprint density at radius 2 is 2.00 bits per heavy atom. The molecule has 1 aromatic carbocycles. The van der Waals surface area contributed by atoms with Gasteiger partial charge in [0.1, 0.15) is 0 Å². The highest BCUT2D eigenvalue weighted by Crippen LogP contribution is 2.48. The number of aliphatic hydroxyl groups is 1. The summed E-state index contributed by atoms with van der Waals surface area (Å²) in [6.45, 7) is 3.56. The number of hydrogen-bond acceptors (Lipinski definition) is 3. The molecule has 0 amide bonds. The van der Waals surface area contributed by atoms with E-state index in [-0.39, 0.29) is 0 Å². The summed E-state index contributed by atoms with van der Waals surface area (Å²) in [7, 11) is 0. The van der Waals surface area contributed by atoms with Gasteiger partial charge in [-0.1, -0.05) is 12.1 Å². The molecule has 2 rings (SSSR count). The largest absolute Gasteiger partial charge is 0.396 e. The van der Waals surface area contributed by atoms with Crippen molar-refractivity contribution in [1.82, 2.24) is 5.32 Å². The van der Waals surface area contributed by atoms with Gasteiger partial charge in [0.05, 0.1) is 0 Å². The Hall–Kier alpha value is -0.510. The van der Waals surface area contributed by atoms with E-state index < -0.39 is 0 Å². The van der Waals surface area contributed by atoms with E-state index in [1.807, 2.05) is 0 Å². The Morgan fingerprint density at radius 1 is 1.33 bits per heavy atom. The molecule has 2 nitrogen and oxygen atoms in total. The molecule has 1 fully saturated rings. The molecule has 1 aliphatic carbocycles. The van der Waals surface area contributed by atoms with Crippen molar-refractivity contribution in [2.24, 2.45) is 5.41 Å². The molecule has 0 spiro atoms. The highest BCUT2D eigenvalue weighted by molar-refractivity contribution is 7.98. The van der Waals surface area contributed by atoms with Crippen LogP contribution in [0.5, 0.6) is 0 Å². The van der Waals surface area contributed by atoms with Gasteiger partial charge in [-0.2, -0.15) is 0 Å². The van der Waals surface area contributed by atoms with Crippen molar-refractivity contribution in [3.63, 3.8) is 0 Å². The van der Waals surface area contributed by atoms with Gasteiger partial charge in [-0.15, -0.1) is 11.8 Å². The molecule has 1 aliphatic rings. The molecule has 1 saturated carbocycles. The normalized spacial score (nSPS) is 18.6. The fraction of sp³-hybridized carbons (Fsp3) is 0.600. The molecular weight excluding hydrogens is 242 g/mol. The van der Waals surface area contributed by atoms with E-state index in [0.717, 1.165) is 13.0 Å². The Bertz CT molecular complexity index is 373. The minimum atomic E-state index is 0.318. The van der Waals surface area contributed by atoms with Crippen molar-refractivity contribution in [2.75, 3.05) is 19.4 Å². The maximum atomic E-state index is 9.05. The van der Waals surface area contributed by atoms with Crippen LogP contribution in [-0.2, 0) is 0 Å². The minimum Gasteiger partial charge on any atom is -0.396 e. The van der Waals surface area contributed by atoms with Gasteiger partial charge >= 0.3 is 0 Å². The molecule has 3 heteroatoms. The number of thioether (sulfide) groups is 1. The van der Waals surface area contributed by atoms with E-state index >= 15 is 0 Å². The van der Waals surface area contributed by atoms with Crippen LogP contribution in [0.4, 0.5) is 0 Å². The van der Waals surface area contributed by atoms with E-state index in [1.165, 1.54) is 23.3 Å². The van der Waals surface area contributed by atoms with Crippen molar-refractivity contribution < 1.29 is 5.11 Å². The summed E-state index contributed by atoms with van der Waals surface area (Å²) in [6.07, 6.45) is 5.57. The Balaban J connectivity index is 1.85. The van der Waals surface area contributed by atoms with E-state index in [1.54, 1.807) is 11.8 Å². The van der Waals surface area contributed by atoms with Gasteiger partial charge in [0, 0.05) is 24.1 Å². The average Bonchev–Trinajstić information content (AvgIpc) is 3.17. The second kappa shape index (κ2) is 6.09. The third-order valence-corrected chi connectivity index (χ3v) is 4.74. The van der Waals surface area contributed by atoms with Gasteiger partial charge < -0.3 is 10.4 Å². The zero-order valence-electron chi connectivity index (χ0n) is 11.3. The first-order valence-electron chi connectivity index (χ1n) is 6.67. The summed E-state index contributed by atoms with van der Waals surface area (Å²) >= 11 is 1.78. The molecule has 1 aromatic rings. The summed E-state index contributed by atoms with van der Waals surface area (Å²) in [5.74, 6) is 0. The van der Waals surface area contributed by atoms with E-state index in [4.69, 9.17) is 5.11 Å². The first-order chi connectivity index (χ1) is 8.69. The predicted molar refractivity (Wildman–Crippen MR) is 78.0 cm³/mol. The van der Waals surface area contributed by atoms with Crippen molar-refractivity contribution >= 4 is 11.8 Å². The molecule has 2 N–H and O–H groups in total. The Kier molecular flexibility index (Phi) is 4.71. The molecule has 0 aliphatic heterocycles. The fourth-order valence-electron chi connectivity index (χ4n) is 2.31. The minimum absolute atomic E-state index is 0.318. The monoisotopic (exact) mass is 265 g/mol. The lowest BCUT2D eigenvalue weighted by atomic mass is 10.0. The van der Waals surface area contributed by atoms with Gasteiger partial charge in [-0.05, 0) is 55.6 Å². The summed E-state index contributed by atoms with van der Waals surface area (Å²) in [5, 5.41) is 12.7. The number of nitrogens with one attached hydrogen (secondary N) is 1. The van der Waals surface area contributed by atoms with Gasteiger partial charge in [0.25, 0.3) is 0 Å². The number of rotatable bonds is 7. The first-order valence-corrected chi connectivity index (χ1v) is 7.90. The van der Waals surface area contributed by atoms with E-state index in [9.17, 15) is 0 Å². The van der Waals surface area contributed by atoms with E-state index in [0.29, 0.717) is 18.1 Å². The zero-order chi connectivity index (χ0) is 13.0. The zero-order valence-corrected chi connectivity index (χ0v) is 12.1. The quantitative estimate of drug-likeness (QED) is 0.742. The number of hydrogen-bond donors (Lipinski definition) is 2. The molecule has 0 bridgehead atoms. The lowest BCUT2D eigenvalue weighted by Crippen LogP contribution is -2.27. The maximum Gasteiger partial charge on any atom is 0.0436 e. The van der Waals surface area contributed by atoms with Crippen LogP contribution in [0.15, 0.2) is 29.2 Å². The molecule has 1 atom stereocenters. The lowest BCUT2D eigenvalue weighted by molar-refractivity contribution is 0.243. The van der Waals surface area contributed by atoms with Crippen molar-refractivity contribution in [3.05, 3.63) is 29.8 Å². The van der Waals surface area contributed by atoms with Crippen LogP contribution in [0.3, 0.4) is 0 Å². The van der Waals surface area contributed by atoms with Gasteiger partial charge in [0.2, 0.25) is 0 Å². The molecular formula is C15H23NOS. The number of benzene rings is 1. The first kappa shape index (κ1) is 13.9. The summed E-state index contributed by atoms with van der Waals surface area (Å²) in [5.41, 5.74) is 1.73. The smallest absolute Gasteiger partial charge is 0.0436 e. The summed E-state index contributed by atoms with van der Waals surface area (Å²) in [6, 6.07) is 9.15. The second-order valence-electron chi connectivity index (χ2n) is 5.35. The van der Waals surface area contributed by atoms with Crippen molar-refractivity contribution in [2.45, 2.75) is 37.1 Å². The van der Waals surface area contributed by atoms with Crippen LogP contribution in [0.2, 0.25) is 0 Å². The van der Waals surface area contributed by atoms with Gasteiger partial charge in [0.15, 0.2) is 0 Å². The fourth-order valence-corrected chi connectivity index (χ4v) is 2.72. The molecule has 18 heavy (non-hydrogen) atoms. The van der Waals surface area contributed by atoms with Crippen LogP contribution in [0.25, 0.3) is 0 Å². The van der Waals surface area contributed by atoms with Crippen LogP contribution in [0.1, 0.15) is 37.8 Å². The predicted octanol–water partition coefficient (Wildman–Crippen LogP) is 3.22. The van der Waals surface area contributed by atoms with Crippen LogP contribution in [0, 0.1) is 5.41 Å². The molecule has 0 aromatic heterocycles. The SMILES string of the molecule is CSc1ccc(C(C)NCC2(CCO)CC2)cc1. The van der Waals surface area contributed by atoms with Gasteiger partial charge in [-0.25, -0.2) is 0 Å². The highest BCUT2D eigenvalue weighted by atomic mass is 32.2. The number of aliphatic hydroxyl groups excluding tert-OH is 1. The molecule has 0 radical (unpaired) electrons. The summed E-state index contributed by atoms with van der Waals surface area (Å²) in [4.78, 5) is 1.31. The van der Waals surface area contributed by atoms with Crippen molar-refractivity contribution in [3.8, 4) is 0 Å². The standard InChI is InChI=1S/C15H23NOS/c1-12(13-3-5-14(18-2)6-4-13)16-11-15(7-8-15)9-10-17/h3-6,12,16-17H,7-11H2,1-2H3. The van der Waals surface area contributed by atoms with Crippen LogP contribution >= 0.6 is 11.8 Å². The van der Waals surface area contributed by atoms with E-state index in [2.05, 4.69) is 42.8 Å². The Morgan fingerprint density at radius 3 is 2.50 bits per heavy atom. The third kappa shape index (κ3) is 3.50. The van der Waals surface area contributed by atoms with Gasteiger partial charge in [-0.3, -0.25) is 0 Å². The molecule has 100 valence electrons. The second-order valence-corrected chi connectivity index (χ2v) is 6.23. The molecule has 0 saturated heterocycles. The highest BCUT2D eigenvalue weighted by Gasteiger charge is 2.41. The maximum absolute atomic E-state index is 9.05.